The summed E-state index contributed by atoms with van der Waals surface area (Å²) < 4.78 is 12.2. The van der Waals surface area contributed by atoms with Crippen molar-refractivity contribution in [2.24, 2.45) is 0 Å². The van der Waals surface area contributed by atoms with Crippen LogP contribution in [0.3, 0.4) is 0 Å². The van der Waals surface area contributed by atoms with Crippen molar-refractivity contribution < 1.29 is 19.1 Å². The molecule has 2 amide bonds. The molecule has 2 aliphatic heterocycles. The van der Waals surface area contributed by atoms with Crippen LogP contribution in [-0.2, 0) is 14.3 Å². The van der Waals surface area contributed by atoms with Gasteiger partial charge in [0.05, 0.1) is 24.3 Å². The summed E-state index contributed by atoms with van der Waals surface area (Å²) in [7, 11) is 0. The highest BCUT2D eigenvalue weighted by Gasteiger charge is 2.49. The van der Waals surface area contributed by atoms with Crippen molar-refractivity contribution in [2.75, 3.05) is 13.2 Å². The second kappa shape index (κ2) is 10.0. The van der Waals surface area contributed by atoms with E-state index in [0.717, 1.165) is 51.4 Å². The summed E-state index contributed by atoms with van der Waals surface area (Å²) in [5, 5.41) is 3.28. The fraction of sp³-hybridized carbons (Fsp3) is 0.704. The number of carbonyl (C=O) groups excluding carboxylic acids is 2. The predicted octanol–water partition coefficient (Wildman–Crippen LogP) is 5.17. The van der Waals surface area contributed by atoms with Crippen molar-refractivity contribution in [3.05, 3.63) is 35.9 Å². The van der Waals surface area contributed by atoms with E-state index in [0.29, 0.717) is 25.5 Å². The fourth-order valence-corrected chi connectivity index (χ4v) is 5.89. The smallest absolute Gasteiger partial charge is 0.410 e. The minimum absolute atomic E-state index is 0.0839. The first-order valence-corrected chi connectivity index (χ1v) is 12.7. The number of carbonyl (C=O) groups is 2. The van der Waals surface area contributed by atoms with Gasteiger partial charge in [-0.05, 0) is 83.6 Å². The van der Waals surface area contributed by atoms with Crippen molar-refractivity contribution in [2.45, 2.75) is 108 Å². The Morgan fingerprint density at radius 2 is 1.79 bits per heavy atom. The molecule has 33 heavy (non-hydrogen) atoms. The van der Waals surface area contributed by atoms with Gasteiger partial charge in [-0.2, -0.15) is 0 Å². The van der Waals surface area contributed by atoms with Crippen LogP contribution in [0.2, 0.25) is 0 Å². The molecule has 0 radical (unpaired) electrons. The monoisotopic (exact) mass is 456 g/mol. The Bertz CT molecular complexity index is 809. The third kappa shape index (κ3) is 5.89. The molecule has 1 aromatic rings. The van der Waals surface area contributed by atoms with E-state index in [9.17, 15) is 9.59 Å². The highest BCUT2D eigenvalue weighted by Crippen LogP contribution is 2.38. The van der Waals surface area contributed by atoms with Gasteiger partial charge < -0.3 is 19.7 Å². The molecule has 1 aromatic carbocycles. The first kappa shape index (κ1) is 24.1. The maximum atomic E-state index is 13.1. The minimum Gasteiger partial charge on any atom is -0.444 e. The number of rotatable bonds is 4. The highest BCUT2D eigenvalue weighted by molar-refractivity contribution is 5.78. The van der Waals surface area contributed by atoms with Crippen LogP contribution in [0.5, 0.6) is 0 Å². The predicted molar refractivity (Wildman–Crippen MR) is 128 cm³/mol. The number of benzene rings is 1. The molecule has 2 heterocycles. The molecule has 2 saturated heterocycles. The van der Waals surface area contributed by atoms with Gasteiger partial charge in [-0.1, -0.05) is 30.3 Å². The molecule has 1 aliphatic carbocycles. The number of hydrogen-bond donors (Lipinski definition) is 1. The number of likely N-dealkylation sites (tertiary alicyclic amines) is 1. The lowest BCUT2D eigenvalue weighted by molar-refractivity contribution is -0.130. The van der Waals surface area contributed by atoms with Crippen LogP contribution < -0.4 is 5.32 Å². The molecular formula is C27H40N2O4. The van der Waals surface area contributed by atoms with Crippen LogP contribution >= 0.6 is 0 Å². The second-order valence-corrected chi connectivity index (χ2v) is 11.1. The molecule has 4 rings (SSSR count). The first-order valence-electron chi connectivity index (χ1n) is 12.7. The number of hydrogen-bond acceptors (Lipinski definition) is 4. The van der Waals surface area contributed by atoms with Gasteiger partial charge in [0.1, 0.15) is 5.60 Å². The lowest BCUT2D eigenvalue weighted by atomic mass is 9.75. The average Bonchev–Trinajstić information content (AvgIpc) is 2.78. The Morgan fingerprint density at radius 1 is 1.09 bits per heavy atom. The summed E-state index contributed by atoms with van der Waals surface area (Å²) in [6.07, 6.45) is 8.23. The molecular weight excluding hydrogens is 416 g/mol. The summed E-state index contributed by atoms with van der Waals surface area (Å²) in [5.41, 5.74) is 0.452. The molecule has 0 bridgehead atoms. The Morgan fingerprint density at radius 3 is 2.45 bits per heavy atom. The highest BCUT2D eigenvalue weighted by atomic mass is 16.6. The van der Waals surface area contributed by atoms with Crippen LogP contribution in [0.1, 0.15) is 90.0 Å². The van der Waals surface area contributed by atoms with Crippen LogP contribution in [0.4, 0.5) is 4.79 Å². The Balaban J connectivity index is 1.43. The molecule has 1 saturated carbocycles. The second-order valence-electron chi connectivity index (χ2n) is 11.1. The molecule has 182 valence electrons. The average molecular weight is 457 g/mol. The van der Waals surface area contributed by atoms with Gasteiger partial charge in [-0.3, -0.25) is 4.79 Å². The topological polar surface area (TPSA) is 67.9 Å². The standard InChI is InChI=1S/C27H40N2O4/c1-26(2,3)33-25(31)29-18-8-17-27(16-7-11-24(30)28-27)23(29)19-32-22-14-12-21(13-15-22)20-9-5-4-6-10-20/h4-6,9-10,21-23H,7-8,11-19H2,1-3H3,(H,28,30)/t21?,22?,23-,27-/m0/s1. The molecule has 3 fully saturated rings. The van der Waals surface area contributed by atoms with Crippen LogP contribution in [0, 0.1) is 0 Å². The minimum atomic E-state index is -0.557. The molecule has 2 atom stereocenters. The maximum absolute atomic E-state index is 13.1. The zero-order valence-corrected chi connectivity index (χ0v) is 20.5. The SMILES string of the molecule is CC(C)(C)OC(=O)N1CCC[C@@]2(CCCC(=O)N2)[C@@H]1COC1CCC(c2ccccc2)CC1. The van der Waals surface area contributed by atoms with Gasteiger partial charge in [0.15, 0.2) is 0 Å². The van der Waals surface area contributed by atoms with Gasteiger partial charge in [-0.15, -0.1) is 0 Å². The van der Waals surface area contributed by atoms with Gasteiger partial charge in [0, 0.05) is 13.0 Å². The van der Waals surface area contributed by atoms with Crippen LogP contribution in [0.15, 0.2) is 30.3 Å². The quantitative estimate of drug-likeness (QED) is 0.679. The number of nitrogens with zero attached hydrogens (tertiary/aromatic N) is 1. The summed E-state index contributed by atoms with van der Waals surface area (Å²) in [5.74, 6) is 0.684. The molecule has 6 heteroatoms. The summed E-state index contributed by atoms with van der Waals surface area (Å²) in [6.45, 7) is 6.76. The summed E-state index contributed by atoms with van der Waals surface area (Å²) >= 11 is 0. The van der Waals surface area contributed by atoms with E-state index in [1.165, 1.54) is 5.56 Å². The molecule has 6 nitrogen and oxygen atoms in total. The van der Waals surface area contributed by atoms with E-state index < -0.39 is 11.1 Å². The molecule has 0 aromatic heterocycles. The number of ether oxygens (including phenoxy) is 2. The van der Waals surface area contributed by atoms with Crippen molar-refractivity contribution >= 4 is 12.0 Å². The normalized spacial score (nSPS) is 30.7. The molecule has 1 spiro atoms. The number of amides is 2. The zero-order valence-electron chi connectivity index (χ0n) is 20.5. The van der Waals surface area contributed by atoms with Crippen molar-refractivity contribution in [1.82, 2.24) is 10.2 Å². The molecule has 1 N–H and O–H groups in total. The maximum Gasteiger partial charge on any atom is 0.410 e. The number of nitrogens with one attached hydrogen (secondary N) is 1. The Labute approximate surface area is 198 Å². The van der Waals surface area contributed by atoms with E-state index in [-0.39, 0.29) is 24.1 Å². The van der Waals surface area contributed by atoms with Gasteiger partial charge in [-0.25, -0.2) is 4.79 Å². The Kier molecular flexibility index (Phi) is 7.32. The summed E-state index contributed by atoms with van der Waals surface area (Å²) in [6, 6.07) is 10.6. The first-order chi connectivity index (χ1) is 15.8. The third-order valence-corrected chi connectivity index (χ3v) is 7.51. The van der Waals surface area contributed by atoms with E-state index in [1.54, 1.807) is 0 Å². The Hall–Kier alpha value is -2.08. The molecule has 3 aliphatic rings. The van der Waals surface area contributed by atoms with E-state index in [2.05, 4.69) is 35.6 Å². The number of piperidine rings is 2. The third-order valence-electron chi connectivity index (χ3n) is 7.51. The lowest BCUT2D eigenvalue weighted by Gasteiger charge is -2.52. The zero-order chi connectivity index (χ0) is 23.5. The van der Waals surface area contributed by atoms with E-state index >= 15 is 0 Å². The van der Waals surface area contributed by atoms with Gasteiger partial charge >= 0.3 is 6.09 Å². The van der Waals surface area contributed by atoms with Crippen molar-refractivity contribution in [1.29, 1.82) is 0 Å². The van der Waals surface area contributed by atoms with Gasteiger partial charge in [0.25, 0.3) is 0 Å². The van der Waals surface area contributed by atoms with E-state index in [4.69, 9.17) is 9.47 Å². The fourth-order valence-electron chi connectivity index (χ4n) is 5.89. The van der Waals surface area contributed by atoms with Crippen molar-refractivity contribution in [3.63, 3.8) is 0 Å². The summed E-state index contributed by atoms with van der Waals surface area (Å²) in [4.78, 5) is 27.3. The van der Waals surface area contributed by atoms with Crippen LogP contribution in [-0.4, -0.2) is 53.3 Å². The van der Waals surface area contributed by atoms with Gasteiger partial charge in [0.2, 0.25) is 5.91 Å². The van der Waals surface area contributed by atoms with Crippen LogP contribution in [0.25, 0.3) is 0 Å². The molecule has 0 unspecified atom stereocenters. The largest absolute Gasteiger partial charge is 0.444 e. The lowest BCUT2D eigenvalue weighted by Crippen LogP contribution is -2.69. The van der Waals surface area contributed by atoms with E-state index in [1.807, 2.05) is 25.7 Å². The van der Waals surface area contributed by atoms with Crippen molar-refractivity contribution in [3.8, 4) is 0 Å².